The van der Waals surface area contributed by atoms with Gasteiger partial charge in [0.2, 0.25) is 10.0 Å². The first-order valence-corrected chi connectivity index (χ1v) is 14.4. The van der Waals surface area contributed by atoms with Crippen LogP contribution in [-0.4, -0.2) is 49.0 Å². The number of carbonyl (C=O) groups is 3. The number of Topliss-reactive ketones (excluding diaryl/α,β-unsaturated/α-hetero) is 2. The summed E-state index contributed by atoms with van der Waals surface area (Å²) < 4.78 is 27.6. The van der Waals surface area contributed by atoms with Gasteiger partial charge in [0.25, 0.3) is 5.56 Å². The lowest BCUT2D eigenvalue weighted by Gasteiger charge is -2.10. The number of rotatable bonds is 9. The van der Waals surface area contributed by atoms with Crippen molar-refractivity contribution in [2.24, 2.45) is 0 Å². The van der Waals surface area contributed by atoms with Crippen LogP contribution in [0.2, 0.25) is 0 Å². The van der Waals surface area contributed by atoms with Gasteiger partial charge in [0.15, 0.2) is 11.6 Å². The van der Waals surface area contributed by atoms with Crippen molar-refractivity contribution < 1.29 is 27.5 Å². The van der Waals surface area contributed by atoms with Crippen LogP contribution in [0.4, 0.5) is 5.69 Å². The molecule has 0 spiro atoms. The molecule has 3 aromatic rings. The molecule has 0 saturated heterocycles. The Hall–Kier alpha value is -4.26. The Morgan fingerprint density at radius 3 is 1.95 bits per heavy atom. The molecule has 0 amide bonds. The number of esters is 1. The van der Waals surface area contributed by atoms with Crippen LogP contribution < -0.4 is 21.8 Å². The molecule has 0 unspecified atom stereocenters. The minimum Gasteiger partial charge on any atom is -0.465 e. The number of aromatic amines is 1. The Labute approximate surface area is 231 Å². The standard InChI is InChI=1S/C14H17N3O5S.C13H17NO3/c1-4-5-12(18)9-7-10-11(6-8(9)2)15-14(20)17(13(10)19)16-23(3,21)22;1-4-5-12(15)9-7-10(13(16)17-3)11(14)6-8(9)2/h6-7,16H,4-5H2,1-3H3,(H,15,20);6-7H,4-5,14H2,1-3H3. The van der Waals surface area contributed by atoms with Crippen molar-refractivity contribution in [2.75, 3.05) is 23.9 Å². The Bertz CT molecular complexity index is 1690. The molecule has 1 heterocycles. The van der Waals surface area contributed by atoms with Gasteiger partial charge in [0.1, 0.15) is 0 Å². The molecule has 13 heteroatoms. The molecule has 4 N–H and O–H groups in total. The molecule has 0 aliphatic rings. The molecular formula is C27H34N4O8S. The van der Waals surface area contributed by atoms with Gasteiger partial charge in [-0.1, -0.05) is 13.8 Å². The second-order valence-corrected chi connectivity index (χ2v) is 11.0. The van der Waals surface area contributed by atoms with E-state index in [1.165, 1.54) is 25.3 Å². The number of aromatic nitrogens is 2. The third-order valence-electron chi connectivity index (χ3n) is 5.86. The van der Waals surface area contributed by atoms with Crippen LogP contribution in [0.3, 0.4) is 0 Å². The van der Waals surface area contributed by atoms with Gasteiger partial charge in [-0.25, -0.2) is 22.8 Å². The van der Waals surface area contributed by atoms with E-state index in [2.05, 4.69) is 9.72 Å². The van der Waals surface area contributed by atoms with Crippen molar-refractivity contribution in [1.82, 2.24) is 9.66 Å². The quantitative estimate of drug-likeness (QED) is 0.196. The van der Waals surface area contributed by atoms with Gasteiger partial charge in [-0.2, -0.15) is 4.68 Å². The lowest BCUT2D eigenvalue weighted by Crippen LogP contribution is -2.43. The number of H-pyrrole nitrogens is 1. The number of nitrogen functional groups attached to an aromatic ring is 1. The number of hydrogen-bond acceptors (Lipinski definition) is 9. The van der Waals surface area contributed by atoms with Gasteiger partial charge in [-0.3, -0.25) is 14.4 Å². The monoisotopic (exact) mass is 574 g/mol. The lowest BCUT2D eigenvalue weighted by molar-refractivity contribution is 0.0601. The molecule has 0 aliphatic heterocycles. The summed E-state index contributed by atoms with van der Waals surface area (Å²) in [5.41, 5.74) is 7.17. The first kappa shape index (κ1) is 32.0. The number of methoxy groups -OCH3 is 1. The highest BCUT2D eigenvalue weighted by Gasteiger charge is 2.17. The number of nitrogens with two attached hydrogens (primary N) is 1. The van der Waals surface area contributed by atoms with Crippen molar-refractivity contribution >= 4 is 44.1 Å². The van der Waals surface area contributed by atoms with E-state index in [0.717, 1.165) is 18.2 Å². The largest absolute Gasteiger partial charge is 0.465 e. The molecule has 1 aromatic heterocycles. The third-order valence-corrected chi connectivity index (χ3v) is 6.37. The summed E-state index contributed by atoms with van der Waals surface area (Å²) in [6.45, 7) is 7.32. The fourth-order valence-corrected chi connectivity index (χ4v) is 4.46. The molecule has 0 radical (unpaired) electrons. The van der Waals surface area contributed by atoms with Crippen molar-refractivity contribution in [3.63, 3.8) is 0 Å². The summed E-state index contributed by atoms with van der Waals surface area (Å²) in [6.07, 6.45) is 3.07. The fourth-order valence-electron chi connectivity index (χ4n) is 3.96. The Kier molecular flexibility index (Phi) is 10.5. The van der Waals surface area contributed by atoms with Gasteiger partial charge >= 0.3 is 11.7 Å². The zero-order chi connectivity index (χ0) is 30.4. The predicted octanol–water partition coefficient (Wildman–Crippen LogP) is 2.83. The highest BCUT2D eigenvalue weighted by Crippen LogP contribution is 2.21. The molecule has 216 valence electrons. The van der Waals surface area contributed by atoms with Crippen LogP contribution in [0.1, 0.15) is 81.7 Å². The molecule has 2 aromatic carbocycles. The van der Waals surface area contributed by atoms with E-state index >= 15 is 0 Å². The van der Waals surface area contributed by atoms with E-state index in [9.17, 15) is 32.4 Å². The third kappa shape index (κ3) is 7.65. The van der Waals surface area contributed by atoms with Crippen LogP contribution >= 0.6 is 0 Å². The number of fused-ring (bicyclic) bond motifs is 1. The molecule has 0 atom stereocenters. The number of ketones is 2. The van der Waals surface area contributed by atoms with Gasteiger partial charge in [-0.05, 0) is 62.1 Å². The molecule has 12 nitrogen and oxygen atoms in total. The molecule has 40 heavy (non-hydrogen) atoms. The zero-order valence-electron chi connectivity index (χ0n) is 23.3. The maximum absolute atomic E-state index is 12.4. The van der Waals surface area contributed by atoms with E-state index < -0.39 is 27.2 Å². The Morgan fingerprint density at radius 2 is 1.45 bits per heavy atom. The van der Waals surface area contributed by atoms with E-state index in [-0.39, 0.29) is 28.0 Å². The summed E-state index contributed by atoms with van der Waals surface area (Å²) in [5.74, 6) is -0.608. The van der Waals surface area contributed by atoms with Crippen LogP contribution in [-0.2, 0) is 14.8 Å². The average molecular weight is 575 g/mol. The average Bonchev–Trinajstić information content (AvgIpc) is 2.86. The number of anilines is 1. The minimum absolute atomic E-state index is 0.0233. The number of sulfonamides is 1. The molecule has 0 aliphatic carbocycles. The van der Waals surface area contributed by atoms with Crippen LogP contribution in [0.5, 0.6) is 0 Å². The highest BCUT2D eigenvalue weighted by atomic mass is 32.2. The van der Waals surface area contributed by atoms with Crippen LogP contribution in [0.15, 0.2) is 33.9 Å². The van der Waals surface area contributed by atoms with Gasteiger partial charge in [-0.15, -0.1) is 0 Å². The smallest absolute Gasteiger partial charge is 0.348 e. The highest BCUT2D eigenvalue weighted by molar-refractivity contribution is 7.91. The number of carbonyl (C=O) groups excluding carboxylic acids is 3. The molecule has 0 saturated carbocycles. The number of aryl methyl sites for hydroxylation is 2. The normalized spacial score (nSPS) is 10.9. The van der Waals surface area contributed by atoms with E-state index in [1.54, 1.807) is 19.9 Å². The van der Waals surface area contributed by atoms with Crippen molar-refractivity contribution in [1.29, 1.82) is 0 Å². The zero-order valence-corrected chi connectivity index (χ0v) is 24.2. The summed E-state index contributed by atoms with van der Waals surface area (Å²) in [5, 5.41) is 0.0609. The molecule has 0 fully saturated rings. The molecular weight excluding hydrogens is 540 g/mol. The summed E-state index contributed by atoms with van der Waals surface area (Å²) >= 11 is 0. The summed E-state index contributed by atoms with van der Waals surface area (Å²) in [7, 11) is -2.52. The molecule has 3 rings (SSSR count). The fraction of sp³-hybridized carbons (Fsp3) is 0.370. The van der Waals surface area contributed by atoms with Gasteiger partial charge in [0.05, 0.1) is 29.8 Å². The first-order chi connectivity index (χ1) is 18.6. The van der Waals surface area contributed by atoms with Crippen LogP contribution in [0.25, 0.3) is 10.9 Å². The second kappa shape index (κ2) is 13.2. The lowest BCUT2D eigenvalue weighted by atomic mass is 9.98. The van der Waals surface area contributed by atoms with Crippen molar-refractivity contribution in [3.8, 4) is 0 Å². The second-order valence-electron chi connectivity index (χ2n) is 9.24. The molecule has 0 bridgehead atoms. The van der Waals surface area contributed by atoms with E-state index in [1.807, 2.05) is 18.7 Å². The first-order valence-electron chi connectivity index (χ1n) is 12.5. The SMILES string of the molecule is CCCC(=O)c1cc(C(=O)OC)c(N)cc1C.CCCC(=O)c1cc2c(=O)n(NS(C)(=O)=O)c(=O)[nH]c2cc1C. The van der Waals surface area contributed by atoms with E-state index in [0.29, 0.717) is 46.3 Å². The number of nitrogens with zero attached hydrogens (tertiary/aromatic N) is 1. The Balaban J connectivity index is 0.000000294. The van der Waals surface area contributed by atoms with Gasteiger partial charge in [0, 0.05) is 29.7 Å². The minimum atomic E-state index is -3.81. The number of nitrogens with one attached hydrogen (secondary N) is 2. The maximum atomic E-state index is 12.4. The summed E-state index contributed by atoms with van der Waals surface area (Å²) in [4.78, 5) is 64.0. The number of ether oxygens (including phenoxy) is 1. The van der Waals surface area contributed by atoms with Crippen molar-refractivity contribution in [3.05, 3.63) is 72.9 Å². The topological polar surface area (TPSA) is 187 Å². The maximum Gasteiger partial charge on any atom is 0.348 e. The van der Waals surface area contributed by atoms with Gasteiger partial charge < -0.3 is 15.5 Å². The van der Waals surface area contributed by atoms with Crippen molar-refractivity contribution in [2.45, 2.75) is 53.4 Å². The summed E-state index contributed by atoms with van der Waals surface area (Å²) in [6, 6.07) is 6.08. The van der Waals surface area contributed by atoms with E-state index in [4.69, 9.17) is 5.73 Å². The predicted molar refractivity (Wildman–Crippen MR) is 153 cm³/mol. The number of benzene rings is 2. The van der Waals surface area contributed by atoms with Crippen LogP contribution in [0, 0.1) is 13.8 Å². The number of hydrogen-bond donors (Lipinski definition) is 3. The Morgan fingerprint density at radius 1 is 0.925 bits per heavy atom.